The molecular weight excluding hydrogens is 336 g/mol. The summed E-state index contributed by atoms with van der Waals surface area (Å²) in [7, 11) is 0. The maximum Gasteiger partial charge on any atom is 0.295 e. The number of ether oxygens (including phenoxy) is 4. The van der Waals surface area contributed by atoms with Crippen molar-refractivity contribution in [1.82, 2.24) is 0 Å². The number of rotatable bonds is 5. The predicted octanol–water partition coefficient (Wildman–Crippen LogP) is -5.26. The molecule has 2 aliphatic rings. The van der Waals surface area contributed by atoms with Crippen molar-refractivity contribution in [2.45, 2.75) is 61.6 Å². The monoisotopic (exact) mass is 356 g/mol. The lowest BCUT2D eigenvalue weighted by Gasteiger charge is -2.41. The largest absolute Gasteiger partial charge is 0.435 e. The van der Waals surface area contributed by atoms with E-state index >= 15 is 0 Å². The molecule has 2 aliphatic heterocycles. The lowest BCUT2D eigenvalue weighted by Crippen LogP contribution is -2.61. The Morgan fingerprint density at radius 2 is 1.33 bits per heavy atom. The molecule has 0 saturated carbocycles. The minimum Gasteiger partial charge on any atom is -0.435 e. The van der Waals surface area contributed by atoms with Crippen LogP contribution in [-0.2, 0) is 23.7 Å². The maximum absolute atomic E-state index is 10.3. The zero-order valence-corrected chi connectivity index (χ0v) is 12.2. The first-order valence-corrected chi connectivity index (χ1v) is 7.06. The quantitative estimate of drug-likeness (QED) is 0.231. The van der Waals surface area contributed by atoms with Crippen LogP contribution in [0.3, 0.4) is 0 Å². The number of aliphatic hydroxyl groups excluding tert-OH is 7. The molecule has 0 spiro atoms. The highest BCUT2D eigenvalue weighted by atomic mass is 16.8. The smallest absolute Gasteiger partial charge is 0.295 e. The summed E-state index contributed by atoms with van der Waals surface area (Å²) in [6, 6.07) is 0. The molecule has 2 heterocycles. The first-order valence-electron chi connectivity index (χ1n) is 7.06. The molecule has 10 atom stereocenters. The normalized spacial score (nSPS) is 49.6. The summed E-state index contributed by atoms with van der Waals surface area (Å²) in [5.41, 5.74) is 0. The van der Waals surface area contributed by atoms with E-state index in [0.717, 1.165) is 0 Å². The zero-order chi connectivity index (χ0) is 18.0. The number of carbonyl (C=O) groups excluding carboxylic acids is 1. The third kappa shape index (κ3) is 3.83. The highest BCUT2D eigenvalue weighted by Crippen LogP contribution is 2.25. The second-order valence-electron chi connectivity index (χ2n) is 5.45. The summed E-state index contributed by atoms with van der Waals surface area (Å²) in [6.07, 6.45) is -16.4. The van der Waals surface area contributed by atoms with Crippen molar-refractivity contribution in [3.05, 3.63) is 0 Å². The molecule has 0 aromatic rings. The van der Waals surface area contributed by atoms with Crippen LogP contribution in [0.1, 0.15) is 0 Å². The van der Waals surface area contributed by atoms with E-state index < -0.39 is 68.2 Å². The van der Waals surface area contributed by atoms with Gasteiger partial charge in [-0.2, -0.15) is 0 Å². The van der Waals surface area contributed by atoms with Gasteiger partial charge in [0.25, 0.3) is 6.47 Å². The van der Waals surface area contributed by atoms with Gasteiger partial charge in [-0.15, -0.1) is 0 Å². The van der Waals surface area contributed by atoms with Gasteiger partial charge >= 0.3 is 0 Å². The molecular formula is C12H20O12. The van der Waals surface area contributed by atoms with Crippen LogP contribution in [-0.4, -0.2) is 110 Å². The molecule has 12 heteroatoms. The first kappa shape index (κ1) is 19.4. The van der Waals surface area contributed by atoms with Crippen molar-refractivity contribution in [2.24, 2.45) is 0 Å². The van der Waals surface area contributed by atoms with E-state index in [-0.39, 0.29) is 6.47 Å². The fraction of sp³-hybridized carbons (Fsp3) is 0.917. The summed E-state index contributed by atoms with van der Waals surface area (Å²) >= 11 is 0. The SMILES string of the molecule is O=CO[C@H]1O[C@H](OC[C@H]2O[C@@H](O)[C@H](O)[C@@H](O)[C@H]2O)[C@H](O)[C@@H](O)[C@H]1O. The Morgan fingerprint density at radius 1 is 0.750 bits per heavy atom. The molecule has 2 saturated heterocycles. The van der Waals surface area contributed by atoms with Crippen LogP contribution in [0, 0.1) is 0 Å². The van der Waals surface area contributed by atoms with Crippen LogP contribution in [0.25, 0.3) is 0 Å². The molecule has 0 amide bonds. The van der Waals surface area contributed by atoms with E-state index in [1.807, 2.05) is 0 Å². The van der Waals surface area contributed by atoms with Crippen LogP contribution in [0.4, 0.5) is 0 Å². The van der Waals surface area contributed by atoms with Gasteiger partial charge in [0.1, 0.15) is 42.7 Å². The van der Waals surface area contributed by atoms with Crippen LogP contribution in [0.5, 0.6) is 0 Å². The van der Waals surface area contributed by atoms with Crippen LogP contribution < -0.4 is 0 Å². The second-order valence-corrected chi connectivity index (χ2v) is 5.45. The summed E-state index contributed by atoms with van der Waals surface area (Å²) in [4.78, 5) is 10.3. The van der Waals surface area contributed by atoms with E-state index in [4.69, 9.17) is 14.2 Å². The molecule has 0 unspecified atom stereocenters. The van der Waals surface area contributed by atoms with Gasteiger partial charge in [-0.25, -0.2) is 0 Å². The molecule has 0 radical (unpaired) electrons. The second kappa shape index (κ2) is 7.97. The van der Waals surface area contributed by atoms with Crippen molar-refractivity contribution in [3.63, 3.8) is 0 Å². The summed E-state index contributed by atoms with van der Waals surface area (Å²) in [5, 5.41) is 67.1. The fourth-order valence-corrected chi connectivity index (χ4v) is 2.38. The Hall–Kier alpha value is -0.930. The highest BCUT2D eigenvalue weighted by Gasteiger charge is 2.47. The molecule has 0 aromatic carbocycles. The van der Waals surface area contributed by atoms with E-state index in [1.165, 1.54) is 0 Å². The van der Waals surface area contributed by atoms with Crippen molar-refractivity contribution < 1.29 is 59.5 Å². The number of hydrogen-bond donors (Lipinski definition) is 7. The molecule has 2 rings (SSSR count). The summed E-state index contributed by atoms with van der Waals surface area (Å²) in [6.45, 7) is -0.558. The Kier molecular flexibility index (Phi) is 6.44. The Bertz CT molecular complexity index is 421. The van der Waals surface area contributed by atoms with E-state index in [9.17, 15) is 40.5 Å². The van der Waals surface area contributed by atoms with Gasteiger partial charge in [-0.05, 0) is 0 Å². The van der Waals surface area contributed by atoms with E-state index in [1.54, 1.807) is 0 Å². The molecule has 0 bridgehead atoms. The molecule has 0 aromatic heterocycles. The van der Waals surface area contributed by atoms with Gasteiger partial charge in [0.15, 0.2) is 12.6 Å². The Balaban J connectivity index is 1.96. The Morgan fingerprint density at radius 3 is 1.96 bits per heavy atom. The first-order chi connectivity index (χ1) is 11.3. The van der Waals surface area contributed by atoms with Crippen molar-refractivity contribution in [3.8, 4) is 0 Å². The van der Waals surface area contributed by atoms with Gasteiger partial charge in [0.2, 0.25) is 6.29 Å². The van der Waals surface area contributed by atoms with Gasteiger partial charge in [-0.3, -0.25) is 4.79 Å². The molecule has 12 nitrogen and oxygen atoms in total. The summed E-state index contributed by atoms with van der Waals surface area (Å²) < 4.78 is 19.4. The third-order valence-electron chi connectivity index (χ3n) is 3.83. The van der Waals surface area contributed by atoms with Crippen LogP contribution in [0.2, 0.25) is 0 Å². The number of aliphatic hydroxyl groups is 7. The average Bonchev–Trinajstić information content (AvgIpc) is 2.56. The minimum absolute atomic E-state index is 0.0303. The minimum atomic E-state index is -1.77. The van der Waals surface area contributed by atoms with E-state index in [0.29, 0.717) is 0 Å². The van der Waals surface area contributed by atoms with Crippen LogP contribution >= 0.6 is 0 Å². The number of carbonyl (C=O) groups is 1. The van der Waals surface area contributed by atoms with Crippen LogP contribution in [0.15, 0.2) is 0 Å². The third-order valence-corrected chi connectivity index (χ3v) is 3.83. The van der Waals surface area contributed by atoms with E-state index in [2.05, 4.69) is 4.74 Å². The van der Waals surface area contributed by atoms with Gasteiger partial charge < -0.3 is 54.7 Å². The topological polar surface area (TPSA) is 196 Å². The highest BCUT2D eigenvalue weighted by molar-refractivity contribution is 5.37. The predicted molar refractivity (Wildman–Crippen MR) is 68.7 cm³/mol. The number of hydrogen-bond acceptors (Lipinski definition) is 12. The van der Waals surface area contributed by atoms with Crippen molar-refractivity contribution in [2.75, 3.05) is 6.61 Å². The van der Waals surface area contributed by atoms with Crippen molar-refractivity contribution >= 4 is 6.47 Å². The molecule has 24 heavy (non-hydrogen) atoms. The van der Waals surface area contributed by atoms with Gasteiger partial charge in [0, 0.05) is 0 Å². The fourth-order valence-electron chi connectivity index (χ4n) is 2.38. The summed E-state index contributed by atoms with van der Waals surface area (Å²) in [5.74, 6) is 0. The van der Waals surface area contributed by atoms with Gasteiger partial charge in [0.05, 0.1) is 6.61 Å². The van der Waals surface area contributed by atoms with Crippen molar-refractivity contribution in [1.29, 1.82) is 0 Å². The molecule has 7 N–H and O–H groups in total. The standard InChI is InChI=1S/C12H20O12/c13-2-22-12-9(19)6(16)8(18)11(24-12)21-1-3-4(14)5(15)7(17)10(20)23-3/h2-12,14-20H,1H2/t3-,4+,5+,6-,7-,8-,9-,10-,11+,12+/m1/s1. The van der Waals surface area contributed by atoms with Gasteiger partial charge in [-0.1, -0.05) is 0 Å². The average molecular weight is 356 g/mol. The zero-order valence-electron chi connectivity index (χ0n) is 12.2. The lowest BCUT2D eigenvalue weighted by atomic mass is 9.99. The maximum atomic E-state index is 10.3. The molecule has 140 valence electrons. The molecule has 0 aliphatic carbocycles. The molecule has 2 fully saturated rings. The lowest BCUT2D eigenvalue weighted by molar-refractivity contribution is -0.351. The Labute approximate surface area is 135 Å².